The second kappa shape index (κ2) is 17.8. The number of hydrogen-bond acceptors (Lipinski definition) is 4. The molecular formula is C40H54O4. The Bertz CT molecular complexity index is 1390. The van der Waals surface area contributed by atoms with Gasteiger partial charge in [-0.25, -0.2) is 4.79 Å². The molecule has 0 aliphatic carbocycles. The van der Waals surface area contributed by atoms with E-state index in [1.165, 1.54) is 63.9 Å². The van der Waals surface area contributed by atoms with Crippen LogP contribution in [0.15, 0.2) is 66.2 Å². The minimum Gasteiger partial charge on any atom is -0.426 e. The van der Waals surface area contributed by atoms with Crippen LogP contribution in [0.4, 0.5) is 0 Å². The van der Waals surface area contributed by atoms with Gasteiger partial charge in [-0.15, -0.1) is 0 Å². The molecule has 3 aromatic rings. The van der Waals surface area contributed by atoms with Gasteiger partial charge in [-0.05, 0) is 68.6 Å². The van der Waals surface area contributed by atoms with Crippen LogP contribution in [0.1, 0.15) is 121 Å². The Morgan fingerprint density at radius 1 is 0.705 bits per heavy atom. The van der Waals surface area contributed by atoms with Crippen LogP contribution in [0.25, 0.3) is 10.8 Å². The van der Waals surface area contributed by atoms with Crippen LogP contribution >= 0.6 is 0 Å². The van der Waals surface area contributed by atoms with Gasteiger partial charge in [0.1, 0.15) is 11.5 Å². The topological polar surface area (TPSA) is 52.6 Å². The normalized spacial score (nSPS) is 13.2. The summed E-state index contributed by atoms with van der Waals surface area (Å²) in [7, 11) is 0. The number of ether oxygens (including phenoxy) is 2. The molecule has 0 spiro atoms. The van der Waals surface area contributed by atoms with E-state index in [1.54, 1.807) is 12.1 Å². The van der Waals surface area contributed by atoms with E-state index in [-0.39, 0.29) is 5.97 Å². The van der Waals surface area contributed by atoms with Crippen molar-refractivity contribution in [2.75, 3.05) is 0 Å². The highest BCUT2D eigenvalue weighted by Crippen LogP contribution is 2.41. The molecule has 0 aliphatic rings. The highest BCUT2D eigenvalue weighted by atomic mass is 16.5. The Kier molecular flexibility index (Phi) is 14.2. The lowest BCUT2D eigenvalue weighted by Gasteiger charge is -2.19. The molecule has 2 atom stereocenters. The van der Waals surface area contributed by atoms with Crippen molar-refractivity contribution in [3.05, 3.63) is 82.9 Å². The van der Waals surface area contributed by atoms with Crippen LogP contribution in [0.5, 0.6) is 11.5 Å². The summed E-state index contributed by atoms with van der Waals surface area (Å²) in [5, 5.41) is 1.50. The van der Waals surface area contributed by atoms with Crippen molar-refractivity contribution in [3.8, 4) is 11.5 Å². The smallest absolute Gasteiger partial charge is 0.343 e. The fourth-order valence-corrected chi connectivity index (χ4v) is 6.00. The van der Waals surface area contributed by atoms with Crippen LogP contribution in [0, 0.1) is 24.7 Å². The highest BCUT2D eigenvalue weighted by Gasteiger charge is 2.22. The van der Waals surface area contributed by atoms with Gasteiger partial charge in [0, 0.05) is 23.3 Å². The molecule has 0 aromatic heterocycles. The standard InChI is InChI=1S/C40H54O4/c1-28(2)16-13-17-29(3)18-14-19-30(4)20-15-21-31(5)26-27-35-32(6)38(44-40(42)34-22-9-8-10-23-34)36-24-11-12-25-37(36)39(35)43-33(7)41/h8-12,22-26,28-30H,13-21,27H2,1-7H3/b31-26+/t29-,30-/m1/s1. The zero-order valence-corrected chi connectivity index (χ0v) is 28.2. The first-order valence-corrected chi connectivity index (χ1v) is 16.7. The molecule has 0 fully saturated rings. The molecule has 0 aliphatic heterocycles. The van der Waals surface area contributed by atoms with Crippen molar-refractivity contribution in [2.24, 2.45) is 17.8 Å². The van der Waals surface area contributed by atoms with E-state index in [0.29, 0.717) is 23.5 Å². The predicted octanol–water partition coefficient (Wildman–Crippen LogP) is 11.2. The Morgan fingerprint density at radius 3 is 1.84 bits per heavy atom. The fourth-order valence-electron chi connectivity index (χ4n) is 6.00. The van der Waals surface area contributed by atoms with E-state index in [1.807, 2.05) is 49.4 Å². The fraction of sp³-hybridized carbons (Fsp3) is 0.500. The van der Waals surface area contributed by atoms with E-state index < -0.39 is 5.97 Å². The van der Waals surface area contributed by atoms with E-state index in [2.05, 4.69) is 40.7 Å². The molecule has 0 bridgehead atoms. The minimum atomic E-state index is -0.411. The molecule has 0 saturated carbocycles. The first-order valence-electron chi connectivity index (χ1n) is 16.7. The second-order valence-corrected chi connectivity index (χ2v) is 13.3. The van der Waals surface area contributed by atoms with E-state index in [0.717, 1.165) is 46.1 Å². The van der Waals surface area contributed by atoms with Crippen molar-refractivity contribution >= 4 is 22.7 Å². The summed E-state index contributed by atoms with van der Waals surface area (Å²) in [6, 6.07) is 16.6. The molecule has 0 heterocycles. The Balaban J connectivity index is 1.67. The Labute approximate surface area is 266 Å². The highest BCUT2D eigenvalue weighted by molar-refractivity contribution is 6.00. The molecule has 0 N–H and O–H groups in total. The van der Waals surface area contributed by atoms with Gasteiger partial charge in [-0.3, -0.25) is 4.79 Å². The lowest BCUT2D eigenvalue weighted by atomic mass is 9.91. The van der Waals surface area contributed by atoms with Gasteiger partial charge < -0.3 is 9.47 Å². The van der Waals surface area contributed by atoms with Gasteiger partial charge in [0.05, 0.1) is 5.56 Å². The van der Waals surface area contributed by atoms with Gasteiger partial charge in [0.15, 0.2) is 0 Å². The number of carbonyl (C=O) groups is 2. The predicted molar refractivity (Wildman–Crippen MR) is 184 cm³/mol. The third kappa shape index (κ3) is 10.9. The molecule has 44 heavy (non-hydrogen) atoms. The summed E-state index contributed by atoms with van der Waals surface area (Å²) in [5.74, 6) is 2.66. The number of benzene rings is 3. The van der Waals surface area contributed by atoms with Crippen LogP contribution in [0.2, 0.25) is 0 Å². The van der Waals surface area contributed by atoms with Gasteiger partial charge >= 0.3 is 11.9 Å². The molecule has 3 aromatic carbocycles. The zero-order chi connectivity index (χ0) is 32.1. The van der Waals surface area contributed by atoms with Crippen LogP contribution < -0.4 is 9.47 Å². The lowest BCUT2D eigenvalue weighted by Crippen LogP contribution is -2.12. The monoisotopic (exact) mass is 598 g/mol. The molecule has 3 rings (SSSR count). The molecule has 238 valence electrons. The quantitative estimate of drug-likeness (QED) is 0.0881. The number of hydrogen-bond donors (Lipinski definition) is 0. The van der Waals surface area contributed by atoms with Crippen LogP contribution in [0.3, 0.4) is 0 Å². The average molecular weight is 599 g/mol. The molecular weight excluding hydrogens is 544 g/mol. The minimum absolute atomic E-state index is 0.371. The summed E-state index contributed by atoms with van der Waals surface area (Å²) in [6.45, 7) is 15.0. The largest absolute Gasteiger partial charge is 0.426 e. The maximum Gasteiger partial charge on any atom is 0.343 e. The zero-order valence-electron chi connectivity index (χ0n) is 28.2. The number of fused-ring (bicyclic) bond motifs is 1. The summed E-state index contributed by atoms with van der Waals surface area (Å²) < 4.78 is 11.8. The first kappa shape index (κ1) is 35.1. The number of esters is 2. The van der Waals surface area contributed by atoms with Crippen molar-refractivity contribution in [1.82, 2.24) is 0 Å². The van der Waals surface area contributed by atoms with Gasteiger partial charge in [0.2, 0.25) is 0 Å². The maximum absolute atomic E-state index is 13.1. The second-order valence-electron chi connectivity index (χ2n) is 13.3. The summed E-state index contributed by atoms with van der Waals surface area (Å²) in [6.07, 6.45) is 14.3. The molecule has 4 nitrogen and oxygen atoms in total. The van der Waals surface area contributed by atoms with Crippen LogP contribution in [-0.2, 0) is 11.2 Å². The molecule has 0 amide bonds. The Morgan fingerprint density at radius 2 is 1.25 bits per heavy atom. The van der Waals surface area contributed by atoms with Crippen molar-refractivity contribution in [3.63, 3.8) is 0 Å². The van der Waals surface area contributed by atoms with Crippen LogP contribution in [-0.4, -0.2) is 11.9 Å². The summed E-state index contributed by atoms with van der Waals surface area (Å²) in [4.78, 5) is 25.2. The number of rotatable bonds is 17. The first-order chi connectivity index (χ1) is 21.1. The number of carbonyl (C=O) groups excluding carboxylic acids is 2. The van der Waals surface area contributed by atoms with E-state index in [4.69, 9.17) is 9.47 Å². The van der Waals surface area contributed by atoms with E-state index >= 15 is 0 Å². The SMILES string of the molecule is CC(=O)Oc1c(C/C=C(\C)CCC[C@H](C)CCC[C@H](C)CCCC(C)C)c(C)c(OC(=O)c2ccccc2)c2ccccc12. The third-order valence-corrected chi connectivity index (χ3v) is 8.73. The van der Waals surface area contributed by atoms with Crippen molar-refractivity contribution in [1.29, 1.82) is 0 Å². The summed E-state index contributed by atoms with van der Waals surface area (Å²) in [5.41, 5.74) is 3.48. The number of allylic oxidation sites excluding steroid dienone is 2. The molecule has 0 radical (unpaired) electrons. The average Bonchev–Trinajstić information content (AvgIpc) is 2.98. The Hall–Kier alpha value is -3.40. The molecule has 4 heteroatoms. The van der Waals surface area contributed by atoms with E-state index in [9.17, 15) is 9.59 Å². The summed E-state index contributed by atoms with van der Waals surface area (Å²) >= 11 is 0. The van der Waals surface area contributed by atoms with Gasteiger partial charge in [-0.1, -0.05) is 127 Å². The molecule has 0 unspecified atom stereocenters. The third-order valence-electron chi connectivity index (χ3n) is 8.73. The van der Waals surface area contributed by atoms with Gasteiger partial charge in [-0.2, -0.15) is 0 Å². The van der Waals surface area contributed by atoms with Crippen molar-refractivity contribution in [2.45, 2.75) is 113 Å². The van der Waals surface area contributed by atoms with Crippen molar-refractivity contribution < 1.29 is 19.1 Å². The lowest BCUT2D eigenvalue weighted by molar-refractivity contribution is -0.131. The molecule has 0 saturated heterocycles. The van der Waals surface area contributed by atoms with Gasteiger partial charge in [0.25, 0.3) is 0 Å². The maximum atomic E-state index is 13.1.